The van der Waals surface area contributed by atoms with E-state index in [-0.39, 0.29) is 11.2 Å². The molecule has 0 saturated carbocycles. The van der Waals surface area contributed by atoms with Crippen molar-refractivity contribution in [1.29, 1.82) is 0 Å². The highest BCUT2D eigenvalue weighted by molar-refractivity contribution is 8.00. The molecule has 7 heteroatoms. The van der Waals surface area contributed by atoms with E-state index in [2.05, 4.69) is 15.5 Å². The van der Waals surface area contributed by atoms with Crippen LogP contribution in [0.15, 0.2) is 53.7 Å². The average Bonchev–Trinajstić information content (AvgIpc) is 3.06. The average molecular weight is 411 g/mol. The molecule has 0 aliphatic rings. The monoisotopic (exact) mass is 410 g/mol. The lowest BCUT2D eigenvalue weighted by atomic mass is 10.2. The molecule has 3 rings (SSSR count). The molecule has 0 saturated heterocycles. The number of nitrogens with zero attached hydrogens (tertiary/aromatic N) is 3. The SMILES string of the molecule is CCC(Sc1nnc(COc2ccccc2C)n1C)C(=O)Nc1ccc(C)cc1. The normalized spacial score (nSPS) is 11.9. The molecule has 3 aromatic rings. The predicted molar refractivity (Wildman–Crippen MR) is 116 cm³/mol. The van der Waals surface area contributed by atoms with Crippen LogP contribution in [0.5, 0.6) is 5.75 Å². The van der Waals surface area contributed by atoms with E-state index in [1.807, 2.05) is 80.9 Å². The first-order valence-corrected chi connectivity index (χ1v) is 10.5. The van der Waals surface area contributed by atoms with Gasteiger partial charge in [0, 0.05) is 12.7 Å². The van der Waals surface area contributed by atoms with Crippen LogP contribution in [0.3, 0.4) is 0 Å². The Balaban J connectivity index is 1.63. The molecule has 152 valence electrons. The van der Waals surface area contributed by atoms with E-state index in [1.54, 1.807) is 0 Å². The number of thioether (sulfide) groups is 1. The Morgan fingerprint density at radius 1 is 1.14 bits per heavy atom. The lowest BCUT2D eigenvalue weighted by Crippen LogP contribution is -2.25. The number of aromatic nitrogens is 3. The second-order valence-corrected chi connectivity index (χ2v) is 8.05. The standard InChI is InChI=1S/C22H26N4O2S/c1-5-19(21(27)23-17-12-10-15(2)11-13-17)29-22-25-24-20(26(22)4)14-28-18-9-7-6-8-16(18)3/h6-13,19H,5,14H2,1-4H3,(H,23,27). The molecule has 1 aromatic heterocycles. The van der Waals surface area contributed by atoms with Crippen molar-refractivity contribution in [1.82, 2.24) is 14.8 Å². The summed E-state index contributed by atoms with van der Waals surface area (Å²) in [7, 11) is 1.89. The van der Waals surface area contributed by atoms with Gasteiger partial charge in [-0.1, -0.05) is 54.6 Å². The molecule has 0 fully saturated rings. The van der Waals surface area contributed by atoms with Gasteiger partial charge in [-0.15, -0.1) is 10.2 Å². The largest absolute Gasteiger partial charge is 0.485 e. The molecule has 2 aromatic carbocycles. The fourth-order valence-electron chi connectivity index (χ4n) is 2.74. The first-order chi connectivity index (χ1) is 14.0. The number of amides is 1. The number of carbonyl (C=O) groups excluding carboxylic acids is 1. The quantitative estimate of drug-likeness (QED) is 0.553. The molecule has 0 aliphatic heterocycles. The number of carbonyl (C=O) groups is 1. The van der Waals surface area contributed by atoms with E-state index in [1.165, 1.54) is 11.8 Å². The van der Waals surface area contributed by atoms with Gasteiger partial charge in [-0.3, -0.25) is 4.79 Å². The maximum absolute atomic E-state index is 12.7. The Bertz CT molecular complexity index is 969. The minimum Gasteiger partial charge on any atom is -0.485 e. The third kappa shape index (κ3) is 5.38. The number of para-hydroxylation sites is 1. The molecule has 1 heterocycles. The van der Waals surface area contributed by atoms with Crippen LogP contribution in [0, 0.1) is 13.8 Å². The van der Waals surface area contributed by atoms with E-state index in [0.29, 0.717) is 24.0 Å². The van der Waals surface area contributed by atoms with Crippen molar-refractivity contribution in [2.24, 2.45) is 7.05 Å². The van der Waals surface area contributed by atoms with Gasteiger partial charge in [0.2, 0.25) is 5.91 Å². The first kappa shape index (κ1) is 20.9. The summed E-state index contributed by atoms with van der Waals surface area (Å²) in [6.45, 7) is 6.34. The highest BCUT2D eigenvalue weighted by atomic mass is 32.2. The molecule has 0 bridgehead atoms. The zero-order chi connectivity index (χ0) is 20.8. The summed E-state index contributed by atoms with van der Waals surface area (Å²) >= 11 is 1.41. The van der Waals surface area contributed by atoms with Gasteiger partial charge in [0.15, 0.2) is 11.0 Å². The molecule has 1 atom stereocenters. The zero-order valence-electron chi connectivity index (χ0n) is 17.2. The number of hydrogen-bond acceptors (Lipinski definition) is 5. The Kier molecular flexibility index (Phi) is 6.93. The van der Waals surface area contributed by atoms with Crippen LogP contribution in [-0.4, -0.2) is 25.9 Å². The summed E-state index contributed by atoms with van der Waals surface area (Å²) in [5.74, 6) is 1.50. The fraction of sp³-hybridized carbons (Fsp3) is 0.318. The molecular weight excluding hydrogens is 384 g/mol. The second-order valence-electron chi connectivity index (χ2n) is 6.88. The maximum atomic E-state index is 12.7. The molecular formula is C22H26N4O2S. The Labute approximate surface area is 175 Å². The van der Waals surface area contributed by atoms with Crippen LogP contribution < -0.4 is 10.1 Å². The van der Waals surface area contributed by atoms with Crippen molar-refractivity contribution < 1.29 is 9.53 Å². The number of hydrogen-bond donors (Lipinski definition) is 1. The van der Waals surface area contributed by atoms with Crippen LogP contribution in [0.4, 0.5) is 5.69 Å². The second kappa shape index (κ2) is 9.60. The summed E-state index contributed by atoms with van der Waals surface area (Å²) in [4.78, 5) is 12.7. The van der Waals surface area contributed by atoms with E-state index in [4.69, 9.17) is 4.74 Å². The number of benzene rings is 2. The van der Waals surface area contributed by atoms with Gasteiger partial charge < -0.3 is 14.6 Å². The number of rotatable bonds is 8. The van der Waals surface area contributed by atoms with Crippen molar-refractivity contribution in [3.8, 4) is 5.75 Å². The third-order valence-corrected chi connectivity index (χ3v) is 6.00. The van der Waals surface area contributed by atoms with Crippen LogP contribution in [0.2, 0.25) is 0 Å². The molecule has 6 nitrogen and oxygen atoms in total. The van der Waals surface area contributed by atoms with E-state index in [0.717, 1.165) is 22.6 Å². The molecule has 0 spiro atoms. The van der Waals surface area contributed by atoms with Crippen LogP contribution in [-0.2, 0) is 18.4 Å². The minimum atomic E-state index is -0.260. The summed E-state index contributed by atoms with van der Waals surface area (Å²) in [5.41, 5.74) is 3.02. The first-order valence-electron chi connectivity index (χ1n) is 9.58. The number of nitrogens with one attached hydrogen (secondary N) is 1. The van der Waals surface area contributed by atoms with Crippen LogP contribution in [0.1, 0.15) is 30.3 Å². The number of aryl methyl sites for hydroxylation is 2. The molecule has 1 amide bonds. The summed E-state index contributed by atoms with van der Waals surface area (Å²) in [6, 6.07) is 15.6. The van der Waals surface area contributed by atoms with Crippen molar-refractivity contribution in [3.63, 3.8) is 0 Å². The summed E-state index contributed by atoms with van der Waals surface area (Å²) in [5, 5.41) is 11.9. The minimum absolute atomic E-state index is 0.0398. The Morgan fingerprint density at radius 2 is 1.86 bits per heavy atom. The molecule has 0 aliphatic carbocycles. The fourth-order valence-corrected chi connectivity index (χ4v) is 3.68. The van der Waals surface area contributed by atoms with Gasteiger partial charge in [-0.05, 0) is 44.0 Å². The van der Waals surface area contributed by atoms with E-state index in [9.17, 15) is 4.79 Å². The zero-order valence-corrected chi connectivity index (χ0v) is 18.0. The smallest absolute Gasteiger partial charge is 0.237 e. The topological polar surface area (TPSA) is 69.0 Å². The van der Waals surface area contributed by atoms with Crippen LogP contribution in [0.25, 0.3) is 0 Å². The highest BCUT2D eigenvalue weighted by Gasteiger charge is 2.22. The summed E-state index contributed by atoms with van der Waals surface area (Å²) < 4.78 is 7.75. The number of ether oxygens (including phenoxy) is 1. The molecule has 1 unspecified atom stereocenters. The van der Waals surface area contributed by atoms with Gasteiger partial charge in [-0.2, -0.15) is 0 Å². The number of anilines is 1. The van der Waals surface area contributed by atoms with Gasteiger partial charge >= 0.3 is 0 Å². The molecule has 0 radical (unpaired) electrons. The van der Waals surface area contributed by atoms with E-state index < -0.39 is 0 Å². The van der Waals surface area contributed by atoms with Crippen molar-refractivity contribution >= 4 is 23.4 Å². The van der Waals surface area contributed by atoms with Gasteiger partial charge in [0.1, 0.15) is 12.4 Å². The lowest BCUT2D eigenvalue weighted by molar-refractivity contribution is -0.115. The van der Waals surface area contributed by atoms with Gasteiger partial charge in [0.05, 0.1) is 5.25 Å². The lowest BCUT2D eigenvalue weighted by Gasteiger charge is -2.14. The Hall–Kier alpha value is -2.80. The van der Waals surface area contributed by atoms with Crippen LogP contribution >= 0.6 is 11.8 Å². The van der Waals surface area contributed by atoms with Gasteiger partial charge in [-0.25, -0.2) is 0 Å². The maximum Gasteiger partial charge on any atom is 0.237 e. The predicted octanol–water partition coefficient (Wildman–Crippen LogP) is 4.52. The van der Waals surface area contributed by atoms with Crippen molar-refractivity contribution in [2.45, 2.75) is 44.2 Å². The van der Waals surface area contributed by atoms with Crippen molar-refractivity contribution in [3.05, 3.63) is 65.5 Å². The van der Waals surface area contributed by atoms with Gasteiger partial charge in [0.25, 0.3) is 0 Å². The van der Waals surface area contributed by atoms with Crippen molar-refractivity contribution in [2.75, 3.05) is 5.32 Å². The highest BCUT2D eigenvalue weighted by Crippen LogP contribution is 2.26. The summed E-state index contributed by atoms with van der Waals surface area (Å²) in [6.07, 6.45) is 0.685. The third-order valence-electron chi connectivity index (χ3n) is 4.61. The Morgan fingerprint density at radius 3 is 2.55 bits per heavy atom. The molecule has 29 heavy (non-hydrogen) atoms. The molecule has 1 N–H and O–H groups in total. The van der Waals surface area contributed by atoms with E-state index >= 15 is 0 Å².